The fourth-order valence-electron chi connectivity index (χ4n) is 3.71. The second-order valence-corrected chi connectivity index (χ2v) is 9.96. The third-order valence-corrected chi connectivity index (χ3v) is 6.73. The predicted octanol–water partition coefficient (Wildman–Crippen LogP) is 5.88. The lowest BCUT2D eigenvalue weighted by atomic mass is 10.0. The number of amides is 2. The van der Waals surface area contributed by atoms with Gasteiger partial charge in [-0.3, -0.25) is 9.59 Å². The van der Waals surface area contributed by atoms with E-state index in [2.05, 4.69) is 5.32 Å². The van der Waals surface area contributed by atoms with Gasteiger partial charge in [0.2, 0.25) is 11.8 Å². The standard InChI is InChI=1S/C28H30ClFN2O2S/c1-20(2)31-28(34)26(16-21-10-5-3-6-11-21)32(17-22-12-7-4-8-13-22)27(33)19-35-18-23-24(29)14-9-15-25(23)30/h3-15,20,26H,16-19H2,1-2H3,(H,31,34)/t26-/m1/s1. The summed E-state index contributed by atoms with van der Waals surface area (Å²) >= 11 is 7.43. The van der Waals surface area contributed by atoms with Crippen LogP contribution in [-0.2, 0) is 28.3 Å². The molecule has 0 aliphatic carbocycles. The maximum absolute atomic E-state index is 14.2. The van der Waals surface area contributed by atoms with E-state index in [1.807, 2.05) is 74.5 Å². The highest BCUT2D eigenvalue weighted by atomic mass is 35.5. The first-order valence-electron chi connectivity index (χ1n) is 11.5. The summed E-state index contributed by atoms with van der Waals surface area (Å²) in [5.41, 5.74) is 2.27. The van der Waals surface area contributed by atoms with Gasteiger partial charge in [0.05, 0.1) is 5.75 Å². The minimum Gasteiger partial charge on any atom is -0.352 e. The van der Waals surface area contributed by atoms with E-state index in [1.54, 1.807) is 17.0 Å². The zero-order valence-corrected chi connectivity index (χ0v) is 21.5. The molecule has 0 bridgehead atoms. The van der Waals surface area contributed by atoms with Crippen LogP contribution in [0.4, 0.5) is 4.39 Å². The topological polar surface area (TPSA) is 49.4 Å². The molecule has 3 aromatic rings. The van der Waals surface area contributed by atoms with Crippen LogP contribution in [-0.4, -0.2) is 34.6 Å². The van der Waals surface area contributed by atoms with Crippen LogP contribution in [0.15, 0.2) is 78.9 Å². The molecule has 7 heteroatoms. The molecule has 184 valence electrons. The van der Waals surface area contributed by atoms with E-state index in [0.717, 1.165) is 11.1 Å². The van der Waals surface area contributed by atoms with Crippen molar-refractivity contribution in [2.24, 2.45) is 0 Å². The Morgan fingerprint density at radius 2 is 1.57 bits per heavy atom. The van der Waals surface area contributed by atoms with Gasteiger partial charge in [-0.25, -0.2) is 4.39 Å². The van der Waals surface area contributed by atoms with Crippen LogP contribution in [0.3, 0.4) is 0 Å². The molecule has 2 amide bonds. The lowest BCUT2D eigenvalue weighted by molar-refractivity contribution is -0.139. The van der Waals surface area contributed by atoms with Gasteiger partial charge in [0.25, 0.3) is 0 Å². The second kappa shape index (κ2) is 13.3. The lowest BCUT2D eigenvalue weighted by Crippen LogP contribution is -2.52. The summed E-state index contributed by atoms with van der Waals surface area (Å²) in [6.45, 7) is 4.09. The lowest BCUT2D eigenvalue weighted by Gasteiger charge is -2.32. The van der Waals surface area contributed by atoms with Crippen LogP contribution >= 0.6 is 23.4 Å². The zero-order valence-electron chi connectivity index (χ0n) is 19.9. The predicted molar refractivity (Wildman–Crippen MR) is 142 cm³/mol. The highest BCUT2D eigenvalue weighted by molar-refractivity contribution is 7.99. The molecule has 1 N–H and O–H groups in total. The molecule has 3 aromatic carbocycles. The Kier molecular flexibility index (Phi) is 10.2. The Morgan fingerprint density at radius 1 is 0.943 bits per heavy atom. The molecule has 4 nitrogen and oxygen atoms in total. The fraction of sp³-hybridized carbons (Fsp3) is 0.286. The van der Waals surface area contributed by atoms with Gasteiger partial charge >= 0.3 is 0 Å². The van der Waals surface area contributed by atoms with Gasteiger partial charge < -0.3 is 10.2 Å². The first kappa shape index (κ1) is 26.8. The minimum absolute atomic E-state index is 0.0629. The van der Waals surface area contributed by atoms with Gasteiger partial charge in [-0.1, -0.05) is 78.3 Å². The summed E-state index contributed by atoms with van der Waals surface area (Å²) in [7, 11) is 0. The Bertz CT molecular complexity index is 1090. The van der Waals surface area contributed by atoms with Crippen molar-refractivity contribution in [1.29, 1.82) is 0 Å². The van der Waals surface area contributed by atoms with E-state index in [9.17, 15) is 14.0 Å². The molecule has 0 heterocycles. The number of carbonyl (C=O) groups is 2. The van der Waals surface area contributed by atoms with Crippen molar-refractivity contribution in [3.05, 3.63) is 106 Å². The molecule has 0 aliphatic heterocycles. The highest BCUT2D eigenvalue weighted by Crippen LogP contribution is 2.25. The molecule has 0 aromatic heterocycles. The third kappa shape index (κ3) is 8.11. The largest absolute Gasteiger partial charge is 0.352 e. The van der Waals surface area contributed by atoms with Crippen molar-refractivity contribution < 1.29 is 14.0 Å². The number of thioether (sulfide) groups is 1. The molecule has 0 radical (unpaired) electrons. The van der Waals surface area contributed by atoms with Gasteiger partial charge in [-0.15, -0.1) is 11.8 Å². The van der Waals surface area contributed by atoms with Crippen LogP contribution < -0.4 is 5.32 Å². The molecule has 0 unspecified atom stereocenters. The van der Waals surface area contributed by atoms with E-state index in [-0.39, 0.29) is 29.4 Å². The number of hydrogen-bond donors (Lipinski definition) is 1. The maximum atomic E-state index is 14.2. The van der Waals surface area contributed by atoms with E-state index in [4.69, 9.17) is 11.6 Å². The van der Waals surface area contributed by atoms with Crippen molar-refractivity contribution >= 4 is 35.2 Å². The number of benzene rings is 3. The summed E-state index contributed by atoms with van der Waals surface area (Å²) in [4.78, 5) is 28.5. The molecule has 0 aliphatic rings. The molecule has 1 atom stereocenters. The second-order valence-electron chi connectivity index (χ2n) is 8.57. The molecule has 0 spiro atoms. The maximum Gasteiger partial charge on any atom is 0.243 e. The Balaban J connectivity index is 1.84. The first-order chi connectivity index (χ1) is 16.8. The number of nitrogens with one attached hydrogen (secondary N) is 1. The van der Waals surface area contributed by atoms with Crippen LogP contribution in [0.2, 0.25) is 5.02 Å². The van der Waals surface area contributed by atoms with Crippen molar-refractivity contribution in [3.63, 3.8) is 0 Å². The minimum atomic E-state index is -0.690. The average molecular weight is 513 g/mol. The van der Waals surface area contributed by atoms with E-state index < -0.39 is 11.9 Å². The van der Waals surface area contributed by atoms with Crippen LogP contribution in [0.5, 0.6) is 0 Å². The molecule has 3 rings (SSSR count). The van der Waals surface area contributed by atoms with Crippen molar-refractivity contribution in [2.75, 3.05) is 5.75 Å². The number of nitrogens with zero attached hydrogens (tertiary/aromatic N) is 1. The zero-order chi connectivity index (χ0) is 25.2. The molecule has 35 heavy (non-hydrogen) atoms. The normalized spacial score (nSPS) is 11.8. The van der Waals surface area contributed by atoms with Gasteiger partial charge in [-0.2, -0.15) is 0 Å². The highest BCUT2D eigenvalue weighted by Gasteiger charge is 2.30. The molecular formula is C28H30ClFN2O2S. The molecule has 0 saturated heterocycles. The number of carbonyl (C=O) groups excluding carboxylic acids is 2. The molecule has 0 saturated carbocycles. The van der Waals surface area contributed by atoms with E-state index >= 15 is 0 Å². The number of rotatable bonds is 11. The van der Waals surface area contributed by atoms with Crippen molar-refractivity contribution in [1.82, 2.24) is 10.2 Å². The summed E-state index contributed by atoms with van der Waals surface area (Å²) in [6.07, 6.45) is 0.391. The summed E-state index contributed by atoms with van der Waals surface area (Å²) in [5, 5.41) is 3.31. The van der Waals surface area contributed by atoms with Crippen molar-refractivity contribution in [2.45, 2.75) is 44.6 Å². The van der Waals surface area contributed by atoms with Gasteiger partial charge in [0, 0.05) is 35.3 Å². The number of hydrogen-bond acceptors (Lipinski definition) is 3. The Labute approximate surface area is 215 Å². The van der Waals surface area contributed by atoms with Gasteiger partial charge in [-0.05, 0) is 37.1 Å². The Morgan fingerprint density at radius 3 is 2.17 bits per heavy atom. The third-order valence-electron chi connectivity index (χ3n) is 5.43. The monoisotopic (exact) mass is 512 g/mol. The van der Waals surface area contributed by atoms with E-state index in [1.165, 1.54) is 17.8 Å². The smallest absolute Gasteiger partial charge is 0.243 e. The van der Waals surface area contributed by atoms with Gasteiger partial charge in [0.15, 0.2) is 0 Å². The SMILES string of the molecule is CC(C)NC(=O)[C@@H](Cc1ccccc1)N(Cc1ccccc1)C(=O)CSCc1c(F)cccc1Cl. The quantitative estimate of drug-likeness (QED) is 0.349. The fourth-order valence-corrected chi connectivity index (χ4v) is 4.96. The molecule has 0 fully saturated rings. The first-order valence-corrected chi connectivity index (χ1v) is 13.1. The van der Waals surface area contributed by atoms with Gasteiger partial charge in [0.1, 0.15) is 11.9 Å². The summed E-state index contributed by atoms with van der Waals surface area (Å²) in [5.74, 6) is -0.423. The van der Waals surface area contributed by atoms with Crippen LogP contribution in [0.1, 0.15) is 30.5 Å². The van der Waals surface area contributed by atoms with Crippen molar-refractivity contribution in [3.8, 4) is 0 Å². The summed E-state index contributed by atoms with van der Waals surface area (Å²) in [6, 6.07) is 23.1. The molecular weight excluding hydrogens is 483 g/mol. The average Bonchev–Trinajstić information content (AvgIpc) is 2.84. The number of halogens is 2. The van der Waals surface area contributed by atoms with E-state index in [0.29, 0.717) is 23.6 Å². The Hall–Kier alpha value is -2.83. The van der Waals surface area contributed by atoms with Crippen LogP contribution in [0.25, 0.3) is 0 Å². The van der Waals surface area contributed by atoms with Crippen LogP contribution in [0, 0.1) is 5.82 Å². The summed E-state index contributed by atoms with van der Waals surface area (Å²) < 4.78 is 14.2.